The summed E-state index contributed by atoms with van der Waals surface area (Å²) in [4.78, 5) is 1.84. The Morgan fingerprint density at radius 3 is 2.12 bits per heavy atom. The van der Waals surface area contributed by atoms with E-state index in [0.29, 0.717) is 6.54 Å². The van der Waals surface area contributed by atoms with E-state index in [4.69, 9.17) is 0 Å². The Kier molecular flexibility index (Phi) is 5.83. The number of piperidine rings is 1. The van der Waals surface area contributed by atoms with Crippen molar-refractivity contribution in [2.45, 2.75) is 30.8 Å². The highest BCUT2D eigenvalue weighted by molar-refractivity contribution is 5.63. The van der Waals surface area contributed by atoms with E-state index in [-0.39, 0.29) is 13.2 Å². The van der Waals surface area contributed by atoms with Gasteiger partial charge in [0.1, 0.15) is 12.2 Å². The fraction of sp³-hybridized carbons (Fsp3) is 0.400. The molecule has 5 heteroatoms. The SMILES string of the molecule is OCC1C(O)C(O)C(O)CN1CCc1ccc(-c2ccccc2)cc1. The summed E-state index contributed by atoms with van der Waals surface area (Å²) in [5.74, 6) is 0. The molecule has 2 aromatic rings. The standard InChI is InChI=1S/C20H25NO4/c22-13-17-19(24)20(25)18(23)12-21(17)11-10-14-6-8-16(9-7-14)15-4-2-1-3-5-15/h1-9,17-20,22-25H,10-13H2. The lowest BCUT2D eigenvalue weighted by molar-refractivity contribution is -0.144. The van der Waals surface area contributed by atoms with E-state index in [1.54, 1.807) is 0 Å². The van der Waals surface area contributed by atoms with Crippen LogP contribution in [0.3, 0.4) is 0 Å². The number of aliphatic hydroxyl groups is 4. The van der Waals surface area contributed by atoms with Gasteiger partial charge in [-0.2, -0.15) is 0 Å². The van der Waals surface area contributed by atoms with Gasteiger partial charge in [0.05, 0.1) is 18.8 Å². The summed E-state index contributed by atoms with van der Waals surface area (Å²) in [6.07, 6.45) is -2.62. The highest BCUT2D eigenvalue weighted by Gasteiger charge is 2.40. The summed E-state index contributed by atoms with van der Waals surface area (Å²) in [5.41, 5.74) is 3.47. The number of nitrogens with zero attached hydrogens (tertiary/aromatic N) is 1. The lowest BCUT2D eigenvalue weighted by atomic mass is 9.93. The Hall–Kier alpha value is -1.76. The number of likely N-dealkylation sites (tertiary alicyclic amines) is 1. The fourth-order valence-corrected chi connectivity index (χ4v) is 3.40. The monoisotopic (exact) mass is 343 g/mol. The molecule has 0 aromatic heterocycles. The smallest absolute Gasteiger partial charge is 0.109 e. The number of hydrogen-bond acceptors (Lipinski definition) is 5. The van der Waals surface area contributed by atoms with Crippen LogP contribution in [0.5, 0.6) is 0 Å². The Morgan fingerprint density at radius 1 is 0.840 bits per heavy atom. The molecule has 2 aromatic carbocycles. The van der Waals surface area contributed by atoms with Crippen LogP contribution >= 0.6 is 0 Å². The minimum Gasteiger partial charge on any atom is -0.395 e. The van der Waals surface area contributed by atoms with Gasteiger partial charge < -0.3 is 20.4 Å². The molecule has 0 amide bonds. The second-order valence-corrected chi connectivity index (χ2v) is 6.61. The molecule has 0 saturated carbocycles. The van der Waals surface area contributed by atoms with Crippen LogP contribution in [0.25, 0.3) is 11.1 Å². The molecule has 0 bridgehead atoms. The molecule has 134 valence electrons. The van der Waals surface area contributed by atoms with Crippen molar-refractivity contribution >= 4 is 0 Å². The predicted molar refractivity (Wildman–Crippen MR) is 96.0 cm³/mol. The Bertz CT molecular complexity index is 661. The molecule has 4 unspecified atom stereocenters. The molecule has 0 radical (unpaired) electrons. The largest absolute Gasteiger partial charge is 0.395 e. The number of β-amino-alcohol motifs (C(OH)–C–C–N with tert-alkyl or cyclic N) is 1. The van der Waals surface area contributed by atoms with E-state index in [1.165, 1.54) is 5.56 Å². The minimum absolute atomic E-state index is 0.242. The van der Waals surface area contributed by atoms with Gasteiger partial charge in [-0.3, -0.25) is 4.90 Å². The van der Waals surface area contributed by atoms with Gasteiger partial charge in [-0.15, -0.1) is 0 Å². The summed E-state index contributed by atoms with van der Waals surface area (Å²) in [6, 6.07) is 17.9. The van der Waals surface area contributed by atoms with Gasteiger partial charge in [0.15, 0.2) is 0 Å². The Labute approximate surface area is 147 Å². The van der Waals surface area contributed by atoms with Crippen LogP contribution < -0.4 is 0 Å². The molecule has 5 nitrogen and oxygen atoms in total. The molecule has 25 heavy (non-hydrogen) atoms. The van der Waals surface area contributed by atoms with Crippen LogP contribution in [-0.2, 0) is 6.42 Å². The number of benzene rings is 2. The molecule has 4 atom stereocenters. The highest BCUT2D eigenvalue weighted by atomic mass is 16.4. The van der Waals surface area contributed by atoms with Crippen LogP contribution in [0, 0.1) is 0 Å². The van der Waals surface area contributed by atoms with Crippen LogP contribution in [0.1, 0.15) is 5.56 Å². The van der Waals surface area contributed by atoms with E-state index in [1.807, 2.05) is 23.1 Å². The molecular formula is C20H25NO4. The maximum Gasteiger partial charge on any atom is 0.109 e. The van der Waals surface area contributed by atoms with Crippen molar-refractivity contribution in [1.82, 2.24) is 4.90 Å². The second kappa shape index (κ2) is 8.08. The molecule has 3 rings (SSSR count). The normalized spacial score (nSPS) is 27.4. The molecular weight excluding hydrogens is 318 g/mol. The van der Waals surface area contributed by atoms with Crippen molar-refractivity contribution in [3.8, 4) is 11.1 Å². The summed E-state index contributed by atoms with van der Waals surface area (Å²) in [6.45, 7) is 0.584. The molecule has 1 saturated heterocycles. The van der Waals surface area contributed by atoms with Crippen LogP contribution in [-0.4, -0.2) is 69.4 Å². The molecule has 1 aliphatic rings. The number of rotatable bonds is 5. The Morgan fingerprint density at radius 2 is 1.48 bits per heavy atom. The van der Waals surface area contributed by atoms with E-state index in [0.717, 1.165) is 17.5 Å². The van der Waals surface area contributed by atoms with Gasteiger partial charge in [-0.05, 0) is 23.1 Å². The maximum absolute atomic E-state index is 10.0. The quantitative estimate of drug-likeness (QED) is 0.641. The minimum atomic E-state index is -1.21. The zero-order valence-electron chi connectivity index (χ0n) is 14.1. The first-order valence-electron chi connectivity index (χ1n) is 8.63. The van der Waals surface area contributed by atoms with Gasteiger partial charge in [0, 0.05) is 13.1 Å². The van der Waals surface area contributed by atoms with Gasteiger partial charge in [0.25, 0.3) is 0 Å². The molecule has 1 aliphatic heterocycles. The van der Waals surface area contributed by atoms with Gasteiger partial charge in [0.2, 0.25) is 0 Å². The highest BCUT2D eigenvalue weighted by Crippen LogP contribution is 2.21. The van der Waals surface area contributed by atoms with Crippen LogP contribution in [0.2, 0.25) is 0 Å². The molecule has 0 aliphatic carbocycles. The lowest BCUT2D eigenvalue weighted by Crippen LogP contribution is -2.62. The molecule has 1 fully saturated rings. The third-order valence-electron chi connectivity index (χ3n) is 4.96. The van der Waals surface area contributed by atoms with Crippen molar-refractivity contribution in [1.29, 1.82) is 0 Å². The first-order valence-corrected chi connectivity index (χ1v) is 8.63. The molecule has 0 spiro atoms. The van der Waals surface area contributed by atoms with Gasteiger partial charge >= 0.3 is 0 Å². The third-order valence-corrected chi connectivity index (χ3v) is 4.96. The second-order valence-electron chi connectivity index (χ2n) is 6.61. The number of aliphatic hydroxyl groups excluding tert-OH is 4. The van der Waals surface area contributed by atoms with Crippen LogP contribution in [0.15, 0.2) is 54.6 Å². The maximum atomic E-state index is 10.0. The number of hydrogen-bond donors (Lipinski definition) is 4. The van der Waals surface area contributed by atoms with E-state index < -0.39 is 24.4 Å². The van der Waals surface area contributed by atoms with E-state index >= 15 is 0 Å². The first kappa shape index (κ1) is 18.0. The van der Waals surface area contributed by atoms with E-state index in [9.17, 15) is 20.4 Å². The molecule has 4 N–H and O–H groups in total. The zero-order valence-corrected chi connectivity index (χ0v) is 14.1. The zero-order chi connectivity index (χ0) is 17.8. The molecule has 1 heterocycles. The van der Waals surface area contributed by atoms with Crippen molar-refractivity contribution in [3.05, 3.63) is 60.2 Å². The van der Waals surface area contributed by atoms with Gasteiger partial charge in [-0.1, -0.05) is 54.6 Å². The third kappa shape index (κ3) is 4.08. The van der Waals surface area contributed by atoms with E-state index in [2.05, 4.69) is 36.4 Å². The Balaban J connectivity index is 1.63. The van der Waals surface area contributed by atoms with Crippen molar-refractivity contribution in [2.75, 3.05) is 19.7 Å². The van der Waals surface area contributed by atoms with Crippen molar-refractivity contribution in [2.24, 2.45) is 0 Å². The first-order chi connectivity index (χ1) is 12.1. The average Bonchev–Trinajstić information content (AvgIpc) is 2.66. The van der Waals surface area contributed by atoms with Gasteiger partial charge in [-0.25, -0.2) is 0 Å². The predicted octanol–water partition coefficient (Wildman–Crippen LogP) is 0.655. The topological polar surface area (TPSA) is 84.2 Å². The summed E-state index contributed by atoms with van der Waals surface area (Å²) >= 11 is 0. The summed E-state index contributed by atoms with van der Waals surface area (Å²) in [5, 5.41) is 39.1. The van der Waals surface area contributed by atoms with Crippen molar-refractivity contribution in [3.63, 3.8) is 0 Å². The summed E-state index contributed by atoms with van der Waals surface area (Å²) in [7, 11) is 0. The van der Waals surface area contributed by atoms with Crippen molar-refractivity contribution < 1.29 is 20.4 Å². The fourth-order valence-electron chi connectivity index (χ4n) is 3.40. The average molecular weight is 343 g/mol. The lowest BCUT2D eigenvalue weighted by Gasteiger charge is -2.43. The summed E-state index contributed by atoms with van der Waals surface area (Å²) < 4.78 is 0. The van der Waals surface area contributed by atoms with Crippen LogP contribution in [0.4, 0.5) is 0 Å².